The maximum atomic E-state index is 12.1. The van der Waals surface area contributed by atoms with Gasteiger partial charge in [-0.1, -0.05) is 13.8 Å². The van der Waals surface area contributed by atoms with E-state index in [0.717, 1.165) is 31.6 Å². The molecule has 0 amide bonds. The third-order valence-corrected chi connectivity index (χ3v) is 9.51. The van der Waals surface area contributed by atoms with Gasteiger partial charge in [-0.25, -0.2) is 0 Å². The van der Waals surface area contributed by atoms with Gasteiger partial charge in [0.2, 0.25) is 0 Å². The lowest BCUT2D eigenvalue weighted by atomic mass is 9.44. The largest absolute Gasteiger partial charge is 0.390 e. The highest BCUT2D eigenvalue weighted by Gasteiger charge is 2.76. The number of hydrogen-bond donors (Lipinski definition) is 1. The van der Waals surface area contributed by atoms with Gasteiger partial charge in [0.1, 0.15) is 11.7 Å². The number of epoxide rings is 1. The zero-order valence-electron chi connectivity index (χ0n) is 14.7. The molecule has 0 aromatic rings. The normalized spacial score (nSPS) is 63.7. The van der Waals surface area contributed by atoms with Crippen molar-refractivity contribution in [1.82, 2.24) is 0 Å². The summed E-state index contributed by atoms with van der Waals surface area (Å²) in [6.45, 7) is 6.83. The Morgan fingerprint density at radius 2 is 1.65 bits per heavy atom. The van der Waals surface area contributed by atoms with Crippen molar-refractivity contribution in [1.29, 1.82) is 0 Å². The van der Waals surface area contributed by atoms with Crippen LogP contribution in [0.1, 0.15) is 72.1 Å². The van der Waals surface area contributed by atoms with E-state index in [1.165, 1.54) is 19.3 Å². The van der Waals surface area contributed by atoms with Gasteiger partial charge in [0.05, 0.1) is 5.60 Å². The third-order valence-electron chi connectivity index (χ3n) is 9.51. The van der Waals surface area contributed by atoms with Crippen molar-refractivity contribution < 1.29 is 14.6 Å². The Bertz CT molecular complexity index is 583. The van der Waals surface area contributed by atoms with Crippen LogP contribution >= 0.6 is 0 Å². The molecule has 4 aliphatic carbocycles. The van der Waals surface area contributed by atoms with Crippen LogP contribution in [-0.2, 0) is 9.53 Å². The van der Waals surface area contributed by atoms with Gasteiger partial charge < -0.3 is 9.84 Å². The molecule has 0 aromatic carbocycles. The minimum Gasteiger partial charge on any atom is -0.390 e. The Hall–Kier alpha value is -0.410. The van der Waals surface area contributed by atoms with Crippen LogP contribution in [0.4, 0.5) is 0 Å². The summed E-state index contributed by atoms with van der Waals surface area (Å²) in [5.74, 6) is 2.41. The summed E-state index contributed by atoms with van der Waals surface area (Å²) in [6, 6.07) is 0. The van der Waals surface area contributed by atoms with Crippen LogP contribution in [0.5, 0.6) is 0 Å². The maximum absolute atomic E-state index is 12.1. The van der Waals surface area contributed by atoms with E-state index in [9.17, 15) is 9.90 Å². The lowest BCUT2D eigenvalue weighted by molar-refractivity contribution is -0.148. The van der Waals surface area contributed by atoms with Gasteiger partial charge in [-0.05, 0) is 75.0 Å². The minimum absolute atomic E-state index is 0.0813. The van der Waals surface area contributed by atoms with Gasteiger partial charge in [-0.3, -0.25) is 4.79 Å². The zero-order chi connectivity index (χ0) is 16.3. The lowest BCUT2D eigenvalue weighted by Gasteiger charge is -2.60. The molecule has 1 N–H and O–H groups in total. The molecule has 1 aliphatic heterocycles. The zero-order valence-corrected chi connectivity index (χ0v) is 14.7. The predicted octanol–water partition coefficient (Wildman–Crippen LogP) is 3.48. The topological polar surface area (TPSA) is 49.8 Å². The second-order valence-corrected chi connectivity index (χ2v) is 9.96. The first-order chi connectivity index (χ1) is 10.8. The average molecular weight is 318 g/mol. The highest BCUT2D eigenvalue weighted by atomic mass is 16.6. The molecular weight excluding hydrogens is 288 g/mol. The van der Waals surface area contributed by atoms with Crippen molar-refractivity contribution in [3.8, 4) is 0 Å². The highest BCUT2D eigenvalue weighted by Crippen LogP contribution is 2.73. The maximum Gasteiger partial charge on any atom is 0.164 e. The molecular formula is C20H30O3. The molecule has 5 rings (SSSR count). The molecule has 1 unspecified atom stereocenters. The van der Waals surface area contributed by atoms with Crippen LogP contribution in [-0.4, -0.2) is 28.2 Å². The molecule has 3 nitrogen and oxygen atoms in total. The summed E-state index contributed by atoms with van der Waals surface area (Å²) in [4.78, 5) is 12.1. The number of carbonyl (C=O) groups excluding carboxylic acids is 1. The highest BCUT2D eigenvalue weighted by molar-refractivity contribution is 5.88. The predicted molar refractivity (Wildman–Crippen MR) is 86.9 cm³/mol. The molecule has 1 spiro atoms. The van der Waals surface area contributed by atoms with Crippen molar-refractivity contribution >= 4 is 5.78 Å². The summed E-state index contributed by atoms with van der Waals surface area (Å²) in [5.41, 5.74) is -0.341. The lowest BCUT2D eigenvalue weighted by Crippen LogP contribution is -2.59. The molecule has 0 bridgehead atoms. The number of fused-ring (bicyclic) bond motifs is 4. The first kappa shape index (κ1) is 14.9. The fraction of sp³-hybridized carbons (Fsp3) is 0.950. The summed E-state index contributed by atoms with van der Waals surface area (Å²) in [7, 11) is 0. The van der Waals surface area contributed by atoms with Crippen LogP contribution in [0.2, 0.25) is 0 Å². The Kier molecular flexibility index (Phi) is 2.62. The molecule has 5 aliphatic rings. The van der Waals surface area contributed by atoms with E-state index in [4.69, 9.17) is 4.74 Å². The van der Waals surface area contributed by atoms with Gasteiger partial charge in [0.15, 0.2) is 5.78 Å². The van der Waals surface area contributed by atoms with E-state index in [1.807, 2.05) is 0 Å². The smallest absolute Gasteiger partial charge is 0.164 e. The fourth-order valence-corrected chi connectivity index (χ4v) is 7.74. The summed E-state index contributed by atoms with van der Waals surface area (Å²) in [5, 5.41) is 11.0. The van der Waals surface area contributed by atoms with Crippen molar-refractivity contribution in [3.05, 3.63) is 0 Å². The Labute approximate surface area is 139 Å². The van der Waals surface area contributed by atoms with E-state index < -0.39 is 5.60 Å². The van der Waals surface area contributed by atoms with E-state index >= 15 is 0 Å². The molecule has 5 fully saturated rings. The van der Waals surface area contributed by atoms with E-state index in [-0.39, 0.29) is 22.5 Å². The second kappa shape index (κ2) is 4.04. The number of Topliss-reactive ketones (excluding diaryl/α,β-unsaturated/α-hetero) is 1. The molecule has 4 saturated carbocycles. The van der Waals surface area contributed by atoms with Crippen LogP contribution in [0.25, 0.3) is 0 Å². The first-order valence-corrected chi connectivity index (χ1v) is 9.68. The van der Waals surface area contributed by atoms with Crippen LogP contribution in [0, 0.1) is 28.6 Å². The van der Waals surface area contributed by atoms with E-state index in [0.29, 0.717) is 24.0 Å². The standard InChI is InChI=1S/C20H30O3/c1-17-8-5-14-12(13(17)6-10-19(17,3)22)4-11-20-16(23-20)15(21)7-9-18(14,20)2/h12-14,16,22H,4-11H2,1-3H3/t12-,13-,14-,16-,17-,18+,19-,20?/m0/s1. The number of rotatable bonds is 0. The third kappa shape index (κ3) is 1.49. The number of ketones is 1. The Morgan fingerprint density at radius 3 is 2.43 bits per heavy atom. The molecule has 23 heavy (non-hydrogen) atoms. The Morgan fingerprint density at radius 1 is 0.957 bits per heavy atom. The molecule has 3 heteroatoms. The minimum atomic E-state index is -0.500. The van der Waals surface area contributed by atoms with Gasteiger partial charge in [-0.15, -0.1) is 0 Å². The van der Waals surface area contributed by atoms with Gasteiger partial charge in [-0.2, -0.15) is 0 Å². The first-order valence-electron chi connectivity index (χ1n) is 9.68. The summed E-state index contributed by atoms with van der Waals surface area (Å²) >= 11 is 0. The van der Waals surface area contributed by atoms with E-state index in [2.05, 4.69) is 20.8 Å². The van der Waals surface area contributed by atoms with Crippen LogP contribution in [0.3, 0.4) is 0 Å². The van der Waals surface area contributed by atoms with Crippen molar-refractivity contribution in [2.75, 3.05) is 0 Å². The summed E-state index contributed by atoms with van der Waals surface area (Å²) < 4.78 is 6.11. The molecule has 1 saturated heterocycles. The monoisotopic (exact) mass is 318 g/mol. The van der Waals surface area contributed by atoms with Gasteiger partial charge in [0, 0.05) is 11.8 Å². The van der Waals surface area contributed by atoms with Crippen molar-refractivity contribution in [2.24, 2.45) is 28.6 Å². The number of carbonyl (C=O) groups is 1. The van der Waals surface area contributed by atoms with Crippen molar-refractivity contribution in [3.63, 3.8) is 0 Å². The van der Waals surface area contributed by atoms with Crippen LogP contribution < -0.4 is 0 Å². The van der Waals surface area contributed by atoms with Crippen LogP contribution in [0.15, 0.2) is 0 Å². The number of aliphatic hydroxyl groups is 1. The Balaban J connectivity index is 1.51. The molecule has 8 atom stereocenters. The van der Waals surface area contributed by atoms with Crippen molar-refractivity contribution in [2.45, 2.75) is 89.4 Å². The fourth-order valence-electron chi connectivity index (χ4n) is 7.74. The van der Waals surface area contributed by atoms with Gasteiger partial charge >= 0.3 is 0 Å². The average Bonchev–Trinajstić information content (AvgIpc) is 3.19. The number of hydrogen-bond acceptors (Lipinski definition) is 3. The summed E-state index contributed by atoms with van der Waals surface area (Å²) in [6.07, 6.45) is 8.38. The molecule has 1 heterocycles. The van der Waals surface area contributed by atoms with E-state index in [1.54, 1.807) is 0 Å². The van der Waals surface area contributed by atoms with Gasteiger partial charge in [0.25, 0.3) is 0 Å². The molecule has 0 radical (unpaired) electrons. The SMILES string of the molecule is C[C@]1(O)CC[C@H]2[C@@H]3CCC45O[C@H]4C(=O)CC[C@]5(C)[C@H]3CC[C@@]21C. The number of ether oxygens (including phenoxy) is 1. The quantitative estimate of drug-likeness (QED) is 0.696. The second-order valence-electron chi connectivity index (χ2n) is 9.96. The molecule has 0 aromatic heterocycles. The molecule has 128 valence electrons.